The predicted molar refractivity (Wildman–Crippen MR) is 88.3 cm³/mol. The van der Waals surface area contributed by atoms with E-state index < -0.39 is 23.7 Å². The van der Waals surface area contributed by atoms with Gasteiger partial charge in [0, 0.05) is 10.0 Å². The lowest BCUT2D eigenvalue weighted by Crippen LogP contribution is -2.44. The van der Waals surface area contributed by atoms with E-state index in [4.69, 9.17) is 4.74 Å². The third-order valence-electron chi connectivity index (χ3n) is 3.27. The summed E-state index contributed by atoms with van der Waals surface area (Å²) in [5, 5.41) is 2.83. The molecule has 0 unspecified atom stereocenters. The van der Waals surface area contributed by atoms with Gasteiger partial charge >= 0.3 is 6.03 Å². The molecule has 1 aliphatic heterocycles. The SMILES string of the molecule is O=C1CN(NC(=O)c2ccc(Oc3ccc(Br)cc3)c(F)c2)C(=O)N1. The van der Waals surface area contributed by atoms with Crippen LogP contribution in [0.15, 0.2) is 46.9 Å². The van der Waals surface area contributed by atoms with Crippen LogP contribution >= 0.6 is 15.9 Å². The molecular formula is C16H11BrFN3O4. The van der Waals surface area contributed by atoms with Crippen LogP contribution in [0.25, 0.3) is 0 Å². The Labute approximate surface area is 149 Å². The number of benzene rings is 2. The Hall–Kier alpha value is -2.94. The first-order chi connectivity index (χ1) is 11.9. The topological polar surface area (TPSA) is 87.7 Å². The van der Waals surface area contributed by atoms with Crippen molar-refractivity contribution in [2.45, 2.75) is 0 Å². The number of hydrazine groups is 1. The summed E-state index contributed by atoms with van der Waals surface area (Å²) in [5.41, 5.74) is 2.21. The van der Waals surface area contributed by atoms with Gasteiger partial charge in [-0.2, -0.15) is 0 Å². The molecule has 0 atom stereocenters. The fourth-order valence-electron chi connectivity index (χ4n) is 2.07. The van der Waals surface area contributed by atoms with Gasteiger partial charge in [-0.3, -0.25) is 20.3 Å². The predicted octanol–water partition coefficient (Wildman–Crippen LogP) is 2.58. The number of imide groups is 1. The summed E-state index contributed by atoms with van der Waals surface area (Å²) in [6, 6.07) is 9.72. The standard InChI is InChI=1S/C16H11BrFN3O4/c17-10-2-4-11(5-3-10)25-13-6-1-9(7-12(13)18)15(23)20-21-8-14(22)19-16(21)24/h1-7H,8H2,(H,20,23)(H,19,22,24). The van der Waals surface area contributed by atoms with Gasteiger partial charge in [0.2, 0.25) is 5.91 Å². The summed E-state index contributed by atoms with van der Waals surface area (Å²) in [6.07, 6.45) is 0. The Balaban J connectivity index is 1.70. The number of ether oxygens (including phenoxy) is 1. The molecule has 4 amide bonds. The first-order valence-electron chi connectivity index (χ1n) is 7.07. The number of carbonyl (C=O) groups is 3. The first-order valence-corrected chi connectivity index (χ1v) is 7.87. The van der Waals surface area contributed by atoms with Crippen LogP contribution < -0.4 is 15.5 Å². The van der Waals surface area contributed by atoms with Crippen LogP contribution in [0.5, 0.6) is 11.5 Å². The van der Waals surface area contributed by atoms with Crippen LogP contribution in [0, 0.1) is 5.82 Å². The van der Waals surface area contributed by atoms with Crippen molar-refractivity contribution in [2.24, 2.45) is 0 Å². The molecule has 9 heteroatoms. The number of carbonyl (C=O) groups excluding carboxylic acids is 3. The summed E-state index contributed by atoms with van der Waals surface area (Å²) < 4.78 is 20.4. The molecule has 1 fully saturated rings. The minimum atomic E-state index is -0.742. The van der Waals surface area contributed by atoms with E-state index in [-0.39, 0.29) is 17.9 Å². The highest BCUT2D eigenvalue weighted by atomic mass is 79.9. The Morgan fingerprint density at radius 2 is 1.92 bits per heavy atom. The third-order valence-corrected chi connectivity index (χ3v) is 3.79. The van der Waals surface area contributed by atoms with Gasteiger partial charge in [0.1, 0.15) is 12.3 Å². The van der Waals surface area contributed by atoms with Crippen molar-refractivity contribution in [3.05, 3.63) is 58.3 Å². The number of amides is 4. The smallest absolute Gasteiger partial charge is 0.343 e. The van der Waals surface area contributed by atoms with Crippen LogP contribution in [0.1, 0.15) is 10.4 Å². The lowest BCUT2D eigenvalue weighted by molar-refractivity contribution is -0.118. The van der Waals surface area contributed by atoms with E-state index >= 15 is 0 Å². The van der Waals surface area contributed by atoms with Gasteiger partial charge in [0.15, 0.2) is 11.6 Å². The maximum atomic E-state index is 14.2. The van der Waals surface area contributed by atoms with E-state index in [2.05, 4.69) is 21.4 Å². The normalized spacial score (nSPS) is 13.6. The second kappa shape index (κ2) is 6.89. The van der Waals surface area contributed by atoms with Crippen molar-refractivity contribution in [1.29, 1.82) is 0 Å². The van der Waals surface area contributed by atoms with Crippen molar-refractivity contribution in [3.63, 3.8) is 0 Å². The second-order valence-electron chi connectivity index (χ2n) is 5.08. The summed E-state index contributed by atoms with van der Waals surface area (Å²) in [5.74, 6) is -1.61. The number of hydrogen-bond donors (Lipinski definition) is 2. The molecule has 0 saturated carbocycles. The fourth-order valence-corrected chi connectivity index (χ4v) is 2.34. The number of urea groups is 1. The molecule has 1 saturated heterocycles. The van der Waals surface area contributed by atoms with E-state index in [9.17, 15) is 18.8 Å². The van der Waals surface area contributed by atoms with Gasteiger partial charge in [0.05, 0.1) is 0 Å². The van der Waals surface area contributed by atoms with E-state index in [0.29, 0.717) is 5.75 Å². The number of rotatable bonds is 4. The molecule has 25 heavy (non-hydrogen) atoms. The molecule has 0 aliphatic carbocycles. The van der Waals surface area contributed by atoms with Crippen molar-refractivity contribution >= 4 is 33.8 Å². The lowest BCUT2D eigenvalue weighted by atomic mass is 10.2. The highest BCUT2D eigenvalue weighted by molar-refractivity contribution is 9.10. The maximum Gasteiger partial charge on any atom is 0.343 e. The highest BCUT2D eigenvalue weighted by Crippen LogP contribution is 2.26. The Bertz CT molecular complexity index is 857. The van der Waals surface area contributed by atoms with Gasteiger partial charge in [-0.25, -0.2) is 14.2 Å². The van der Waals surface area contributed by atoms with Crippen LogP contribution in [-0.4, -0.2) is 29.4 Å². The quantitative estimate of drug-likeness (QED) is 0.762. The molecule has 1 aliphatic rings. The van der Waals surface area contributed by atoms with Crippen LogP contribution in [-0.2, 0) is 4.79 Å². The number of nitrogens with zero attached hydrogens (tertiary/aromatic N) is 1. The van der Waals surface area contributed by atoms with Crippen LogP contribution in [0.2, 0.25) is 0 Å². The third kappa shape index (κ3) is 3.94. The maximum absolute atomic E-state index is 14.2. The van der Waals surface area contributed by atoms with Gasteiger partial charge in [-0.05, 0) is 42.5 Å². The summed E-state index contributed by atoms with van der Waals surface area (Å²) >= 11 is 3.29. The van der Waals surface area contributed by atoms with Gasteiger partial charge < -0.3 is 4.74 Å². The molecule has 2 aromatic rings. The minimum Gasteiger partial charge on any atom is -0.454 e. The van der Waals surface area contributed by atoms with Crippen molar-refractivity contribution in [1.82, 2.24) is 15.8 Å². The number of nitrogens with one attached hydrogen (secondary N) is 2. The van der Waals surface area contributed by atoms with E-state index in [1.54, 1.807) is 24.3 Å². The zero-order valence-corrected chi connectivity index (χ0v) is 14.2. The summed E-state index contributed by atoms with van der Waals surface area (Å²) in [6.45, 7) is -0.294. The average Bonchev–Trinajstić information content (AvgIpc) is 2.88. The zero-order valence-electron chi connectivity index (χ0n) is 12.6. The monoisotopic (exact) mass is 407 g/mol. The summed E-state index contributed by atoms with van der Waals surface area (Å²) in [7, 11) is 0. The molecule has 2 aromatic carbocycles. The molecule has 1 heterocycles. The molecule has 0 bridgehead atoms. The number of hydrogen-bond acceptors (Lipinski definition) is 4. The van der Waals surface area contributed by atoms with Crippen molar-refractivity contribution < 1.29 is 23.5 Å². The molecule has 7 nitrogen and oxygen atoms in total. The summed E-state index contributed by atoms with van der Waals surface area (Å²) in [4.78, 5) is 34.5. The average molecular weight is 408 g/mol. The van der Waals surface area contributed by atoms with Gasteiger partial charge in [-0.15, -0.1) is 0 Å². The second-order valence-corrected chi connectivity index (χ2v) is 6.00. The fraction of sp³-hybridized carbons (Fsp3) is 0.0625. The first kappa shape index (κ1) is 16.9. The van der Waals surface area contributed by atoms with Crippen molar-refractivity contribution in [3.8, 4) is 11.5 Å². The largest absolute Gasteiger partial charge is 0.454 e. The molecular weight excluding hydrogens is 397 g/mol. The molecule has 3 rings (SSSR count). The highest BCUT2D eigenvalue weighted by Gasteiger charge is 2.28. The van der Waals surface area contributed by atoms with Crippen LogP contribution in [0.4, 0.5) is 9.18 Å². The van der Waals surface area contributed by atoms with E-state index in [0.717, 1.165) is 15.5 Å². The Morgan fingerprint density at radius 3 is 2.52 bits per heavy atom. The molecule has 2 N–H and O–H groups in total. The Kier molecular flexibility index (Phi) is 4.66. The molecule has 0 spiro atoms. The number of halogens is 2. The van der Waals surface area contributed by atoms with Gasteiger partial charge in [-0.1, -0.05) is 15.9 Å². The van der Waals surface area contributed by atoms with Crippen molar-refractivity contribution in [2.75, 3.05) is 6.54 Å². The zero-order chi connectivity index (χ0) is 18.0. The van der Waals surface area contributed by atoms with Gasteiger partial charge in [0.25, 0.3) is 5.91 Å². The minimum absolute atomic E-state index is 0.0206. The van der Waals surface area contributed by atoms with E-state index in [1.165, 1.54) is 12.1 Å². The lowest BCUT2D eigenvalue weighted by Gasteiger charge is -2.15. The van der Waals surface area contributed by atoms with Crippen LogP contribution in [0.3, 0.4) is 0 Å². The molecule has 0 radical (unpaired) electrons. The van der Waals surface area contributed by atoms with E-state index in [1.807, 2.05) is 5.32 Å². The molecule has 0 aromatic heterocycles. The Morgan fingerprint density at radius 1 is 1.20 bits per heavy atom. The molecule has 128 valence electrons.